The van der Waals surface area contributed by atoms with Gasteiger partial charge in [-0.05, 0) is 25.5 Å². The van der Waals surface area contributed by atoms with Crippen molar-refractivity contribution >= 4 is 17.6 Å². The molecular formula is C14H15NO3. The standard InChI is InChI=1S/C14H15NO3/c1-5-6-9-8(2)12-13(15(9)3)10(16)7-11(18-4)14(12)17/h5-7H,1-4H3/b6-5+. The van der Waals surface area contributed by atoms with Crippen molar-refractivity contribution in [2.45, 2.75) is 13.8 Å². The number of allylic oxidation sites excluding steroid dienone is 3. The van der Waals surface area contributed by atoms with Crippen molar-refractivity contribution in [3.05, 3.63) is 40.4 Å². The number of fused-ring (bicyclic) bond motifs is 1. The minimum absolute atomic E-state index is 0.105. The highest BCUT2D eigenvalue weighted by Crippen LogP contribution is 2.29. The highest BCUT2D eigenvalue weighted by molar-refractivity contribution is 6.24. The molecule has 0 radical (unpaired) electrons. The lowest BCUT2D eigenvalue weighted by molar-refractivity contribution is 0.0913. The van der Waals surface area contributed by atoms with Crippen molar-refractivity contribution in [2.75, 3.05) is 7.11 Å². The van der Waals surface area contributed by atoms with Gasteiger partial charge in [-0.25, -0.2) is 0 Å². The summed E-state index contributed by atoms with van der Waals surface area (Å²) in [5.41, 5.74) is 2.57. The predicted octanol–water partition coefficient (Wildman–Crippen LogP) is 2.28. The molecule has 1 heterocycles. The average Bonchev–Trinajstić information content (AvgIpc) is 2.59. The number of ketones is 2. The Morgan fingerprint density at radius 2 is 2.00 bits per heavy atom. The van der Waals surface area contributed by atoms with Crippen LogP contribution in [-0.4, -0.2) is 23.2 Å². The molecule has 0 fully saturated rings. The van der Waals surface area contributed by atoms with Gasteiger partial charge < -0.3 is 9.30 Å². The molecule has 1 aromatic heterocycles. The summed E-state index contributed by atoms with van der Waals surface area (Å²) in [6.45, 7) is 3.74. The van der Waals surface area contributed by atoms with Gasteiger partial charge in [0.15, 0.2) is 5.76 Å². The molecule has 0 saturated carbocycles. The van der Waals surface area contributed by atoms with Gasteiger partial charge in [0.2, 0.25) is 11.6 Å². The van der Waals surface area contributed by atoms with Crippen molar-refractivity contribution < 1.29 is 14.3 Å². The average molecular weight is 245 g/mol. The molecule has 94 valence electrons. The smallest absolute Gasteiger partial charge is 0.230 e. The zero-order valence-electron chi connectivity index (χ0n) is 10.9. The largest absolute Gasteiger partial charge is 0.492 e. The molecule has 0 aliphatic heterocycles. The van der Waals surface area contributed by atoms with Gasteiger partial charge in [0, 0.05) is 18.8 Å². The summed E-state index contributed by atoms with van der Waals surface area (Å²) in [6.07, 6.45) is 5.03. The zero-order chi connectivity index (χ0) is 13.4. The molecule has 0 unspecified atom stereocenters. The first-order valence-electron chi connectivity index (χ1n) is 5.69. The molecule has 0 saturated heterocycles. The van der Waals surface area contributed by atoms with E-state index in [4.69, 9.17) is 4.74 Å². The van der Waals surface area contributed by atoms with Crippen LogP contribution in [0.5, 0.6) is 0 Å². The summed E-state index contributed by atoms with van der Waals surface area (Å²) in [7, 11) is 3.19. The highest BCUT2D eigenvalue weighted by Gasteiger charge is 2.32. The fourth-order valence-corrected chi connectivity index (χ4v) is 2.33. The van der Waals surface area contributed by atoms with E-state index in [0.29, 0.717) is 11.3 Å². The van der Waals surface area contributed by atoms with E-state index < -0.39 is 0 Å². The molecule has 0 bridgehead atoms. The lowest BCUT2D eigenvalue weighted by atomic mass is 9.97. The number of hydrogen-bond acceptors (Lipinski definition) is 3. The van der Waals surface area contributed by atoms with Crippen molar-refractivity contribution in [3.63, 3.8) is 0 Å². The van der Waals surface area contributed by atoms with Crippen LogP contribution in [0.15, 0.2) is 17.9 Å². The third-order valence-electron chi connectivity index (χ3n) is 3.18. The molecule has 1 aromatic rings. The zero-order valence-corrected chi connectivity index (χ0v) is 10.9. The summed E-state index contributed by atoms with van der Waals surface area (Å²) in [6, 6.07) is 0. The van der Waals surface area contributed by atoms with E-state index in [1.807, 2.05) is 26.0 Å². The number of ether oxygens (including phenoxy) is 1. The lowest BCUT2D eigenvalue weighted by Gasteiger charge is -2.12. The number of carbonyl (C=O) groups is 2. The number of hydrogen-bond donors (Lipinski definition) is 0. The molecule has 18 heavy (non-hydrogen) atoms. The lowest BCUT2D eigenvalue weighted by Crippen LogP contribution is -2.19. The van der Waals surface area contributed by atoms with Crippen LogP contribution < -0.4 is 0 Å². The quantitative estimate of drug-likeness (QED) is 0.803. The van der Waals surface area contributed by atoms with Gasteiger partial charge in [-0.2, -0.15) is 0 Å². The number of rotatable bonds is 2. The second-order valence-corrected chi connectivity index (χ2v) is 4.20. The van der Waals surface area contributed by atoms with E-state index in [0.717, 1.165) is 11.3 Å². The molecule has 1 aliphatic carbocycles. The molecule has 0 spiro atoms. The van der Waals surface area contributed by atoms with E-state index in [-0.39, 0.29) is 17.3 Å². The number of Topliss-reactive ketones (excluding diaryl/α,β-unsaturated/α-hetero) is 1. The van der Waals surface area contributed by atoms with Gasteiger partial charge in [-0.15, -0.1) is 0 Å². The Morgan fingerprint density at radius 3 is 2.56 bits per heavy atom. The Balaban J connectivity index is 2.75. The first-order valence-corrected chi connectivity index (χ1v) is 5.69. The van der Waals surface area contributed by atoms with Gasteiger partial charge >= 0.3 is 0 Å². The Kier molecular flexibility index (Phi) is 2.95. The van der Waals surface area contributed by atoms with E-state index in [2.05, 4.69) is 0 Å². The van der Waals surface area contributed by atoms with Gasteiger partial charge in [0.05, 0.1) is 12.7 Å². The molecule has 4 nitrogen and oxygen atoms in total. The number of nitrogens with zero attached hydrogens (tertiary/aromatic N) is 1. The van der Waals surface area contributed by atoms with Crippen molar-refractivity contribution in [1.82, 2.24) is 4.57 Å². The second-order valence-electron chi connectivity index (χ2n) is 4.20. The number of methoxy groups -OCH3 is 1. The molecule has 0 N–H and O–H groups in total. The van der Waals surface area contributed by atoms with Gasteiger partial charge in [0.1, 0.15) is 5.69 Å². The van der Waals surface area contributed by atoms with Gasteiger partial charge in [0.25, 0.3) is 0 Å². The SMILES string of the molecule is C/C=C/c1c(C)c2c(n1C)C(=O)C=C(OC)C2=O. The topological polar surface area (TPSA) is 48.3 Å². The van der Waals surface area contributed by atoms with E-state index in [1.54, 1.807) is 11.6 Å². The van der Waals surface area contributed by atoms with Crippen LogP contribution in [0.1, 0.15) is 39.0 Å². The maximum atomic E-state index is 12.2. The monoisotopic (exact) mass is 245 g/mol. The highest BCUT2D eigenvalue weighted by atomic mass is 16.5. The summed E-state index contributed by atoms with van der Waals surface area (Å²) in [5, 5.41) is 0. The predicted molar refractivity (Wildman–Crippen MR) is 68.6 cm³/mol. The van der Waals surface area contributed by atoms with Crippen LogP contribution in [-0.2, 0) is 11.8 Å². The molecule has 2 rings (SSSR count). The van der Waals surface area contributed by atoms with Crippen LogP contribution >= 0.6 is 0 Å². The van der Waals surface area contributed by atoms with Crippen molar-refractivity contribution in [2.24, 2.45) is 7.05 Å². The fourth-order valence-electron chi connectivity index (χ4n) is 2.33. The molecule has 0 aromatic carbocycles. The first kappa shape index (κ1) is 12.4. The van der Waals surface area contributed by atoms with Crippen LogP contribution in [0, 0.1) is 6.92 Å². The molecule has 0 amide bonds. The second kappa shape index (κ2) is 4.29. The Morgan fingerprint density at radius 1 is 1.33 bits per heavy atom. The van der Waals surface area contributed by atoms with E-state index in [9.17, 15) is 9.59 Å². The minimum Gasteiger partial charge on any atom is -0.492 e. The normalized spacial score (nSPS) is 15.0. The fraction of sp³-hybridized carbons (Fsp3) is 0.286. The summed E-state index contributed by atoms with van der Waals surface area (Å²) >= 11 is 0. The van der Waals surface area contributed by atoms with E-state index in [1.165, 1.54) is 13.2 Å². The summed E-state index contributed by atoms with van der Waals surface area (Å²) in [4.78, 5) is 24.2. The molecule has 1 aliphatic rings. The Labute approximate surface area is 106 Å². The Bertz CT molecular complexity index is 603. The molecular weight excluding hydrogens is 230 g/mol. The Hall–Kier alpha value is -2.10. The summed E-state index contributed by atoms with van der Waals surface area (Å²) in [5.74, 6) is -0.313. The first-order chi connectivity index (χ1) is 8.52. The van der Waals surface area contributed by atoms with Crippen molar-refractivity contribution in [1.29, 1.82) is 0 Å². The van der Waals surface area contributed by atoms with Crippen LogP contribution in [0.25, 0.3) is 6.08 Å². The third kappa shape index (κ3) is 1.53. The molecule has 0 atom stereocenters. The van der Waals surface area contributed by atoms with Crippen LogP contribution in [0.2, 0.25) is 0 Å². The maximum absolute atomic E-state index is 12.2. The summed E-state index contributed by atoms with van der Waals surface area (Å²) < 4.78 is 6.72. The maximum Gasteiger partial charge on any atom is 0.230 e. The molecule has 4 heteroatoms. The van der Waals surface area contributed by atoms with Crippen LogP contribution in [0.4, 0.5) is 0 Å². The van der Waals surface area contributed by atoms with E-state index >= 15 is 0 Å². The third-order valence-corrected chi connectivity index (χ3v) is 3.18. The van der Waals surface area contributed by atoms with Crippen LogP contribution in [0.3, 0.4) is 0 Å². The van der Waals surface area contributed by atoms with Gasteiger partial charge in [-0.1, -0.05) is 6.08 Å². The van der Waals surface area contributed by atoms with Gasteiger partial charge in [-0.3, -0.25) is 9.59 Å². The minimum atomic E-state index is -0.226. The number of aromatic nitrogens is 1. The van der Waals surface area contributed by atoms with Crippen molar-refractivity contribution in [3.8, 4) is 0 Å². The number of carbonyl (C=O) groups excluding carboxylic acids is 2.